The lowest BCUT2D eigenvalue weighted by molar-refractivity contribution is 0.0911. The summed E-state index contributed by atoms with van der Waals surface area (Å²) in [7, 11) is -4.04. The van der Waals surface area contributed by atoms with Crippen LogP contribution in [0.15, 0.2) is 17.0 Å². The normalized spacial score (nSPS) is 19.7. The fourth-order valence-corrected chi connectivity index (χ4v) is 4.09. The summed E-state index contributed by atoms with van der Waals surface area (Å²) in [4.78, 5) is -0.624. The third kappa shape index (κ3) is 3.25. The molecule has 1 saturated heterocycles. The van der Waals surface area contributed by atoms with E-state index in [0.717, 1.165) is 16.4 Å². The van der Waals surface area contributed by atoms with Gasteiger partial charge in [-0.1, -0.05) is 0 Å². The molecule has 1 fully saturated rings. The molecule has 1 aliphatic rings. The van der Waals surface area contributed by atoms with Crippen molar-refractivity contribution in [1.29, 1.82) is 0 Å². The number of sulfonamides is 1. The number of nitrogens with zero attached hydrogens (tertiary/aromatic N) is 1. The van der Waals surface area contributed by atoms with Gasteiger partial charge in [-0.2, -0.15) is 4.31 Å². The Labute approximate surface area is 123 Å². The molecule has 1 unspecified atom stereocenters. The number of benzene rings is 1. The van der Waals surface area contributed by atoms with Crippen molar-refractivity contribution in [2.45, 2.75) is 37.7 Å². The minimum Gasteiger partial charge on any atom is -0.393 e. The van der Waals surface area contributed by atoms with Gasteiger partial charge in [-0.3, -0.25) is 0 Å². The zero-order valence-corrected chi connectivity index (χ0v) is 12.8. The molecule has 7 heteroatoms. The molecule has 1 aromatic rings. The van der Waals surface area contributed by atoms with Crippen LogP contribution in [-0.4, -0.2) is 37.0 Å². The number of piperidine rings is 1. The maximum Gasteiger partial charge on any atom is 0.246 e. The Bertz CT molecular complexity index is 623. The van der Waals surface area contributed by atoms with Crippen molar-refractivity contribution >= 4 is 10.0 Å². The first kappa shape index (κ1) is 16.3. The maximum atomic E-state index is 13.9. The van der Waals surface area contributed by atoms with Gasteiger partial charge in [0.05, 0.1) is 6.10 Å². The van der Waals surface area contributed by atoms with E-state index in [-0.39, 0.29) is 24.6 Å². The molecule has 0 aliphatic carbocycles. The predicted molar refractivity (Wildman–Crippen MR) is 74.3 cm³/mol. The second kappa shape index (κ2) is 5.98. The molecule has 0 aromatic heterocycles. The molecule has 1 atom stereocenters. The summed E-state index contributed by atoms with van der Waals surface area (Å²) in [5, 5.41) is 9.52. The smallest absolute Gasteiger partial charge is 0.246 e. The fraction of sp³-hybridized carbons (Fsp3) is 0.571. The van der Waals surface area contributed by atoms with E-state index in [1.54, 1.807) is 6.92 Å². The van der Waals surface area contributed by atoms with Crippen molar-refractivity contribution < 1.29 is 22.3 Å². The Morgan fingerprint density at radius 3 is 2.33 bits per heavy atom. The number of halogens is 2. The van der Waals surface area contributed by atoms with Crippen molar-refractivity contribution in [1.82, 2.24) is 4.31 Å². The van der Waals surface area contributed by atoms with Crippen LogP contribution in [0.4, 0.5) is 8.78 Å². The van der Waals surface area contributed by atoms with Crippen molar-refractivity contribution in [3.8, 4) is 0 Å². The van der Waals surface area contributed by atoms with Crippen molar-refractivity contribution in [3.63, 3.8) is 0 Å². The predicted octanol–water partition coefficient (Wildman–Crippen LogP) is 2.05. The molecule has 1 N–H and O–H groups in total. The summed E-state index contributed by atoms with van der Waals surface area (Å²) >= 11 is 0. The van der Waals surface area contributed by atoms with Gasteiger partial charge in [-0.05, 0) is 50.3 Å². The number of hydrogen-bond donors (Lipinski definition) is 1. The molecule has 4 nitrogen and oxygen atoms in total. The lowest BCUT2D eigenvalue weighted by atomic mass is 9.93. The summed E-state index contributed by atoms with van der Waals surface area (Å²) in [6.45, 7) is 3.45. The maximum absolute atomic E-state index is 13.9. The minimum atomic E-state index is -4.04. The van der Waals surface area contributed by atoms with Crippen molar-refractivity contribution in [2.75, 3.05) is 13.1 Å². The number of rotatable bonds is 3. The van der Waals surface area contributed by atoms with Gasteiger partial charge in [-0.15, -0.1) is 0 Å². The lowest BCUT2D eigenvalue weighted by Gasteiger charge is -2.32. The summed E-state index contributed by atoms with van der Waals surface area (Å²) in [6, 6.07) is 1.63. The molecule has 0 saturated carbocycles. The molecule has 0 radical (unpaired) electrons. The van der Waals surface area contributed by atoms with Crippen LogP contribution in [-0.2, 0) is 10.0 Å². The van der Waals surface area contributed by atoms with Crippen molar-refractivity contribution in [2.24, 2.45) is 5.92 Å². The molecular weight excluding hydrogens is 300 g/mol. The molecular formula is C14H19F2NO3S. The van der Waals surface area contributed by atoms with E-state index in [1.807, 2.05) is 0 Å². The van der Waals surface area contributed by atoms with Crippen LogP contribution in [0.2, 0.25) is 0 Å². The van der Waals surface area contributed by atoms with E-state index < -0.39 is 32.7 Å². The summed E-state index contributed by atoms with van der Waals surface area (Å²) in [6.07, 6.45) is 0.517. The average molecular weight is 319 g/mol. The molecule has 21 heavy (non-hydrogen) atoms. The molecule has 118 valence electrons. The van der Waals surface area contributed by atoms with Crippen LogP contribution in [0.1, 0.15) is 25.3 Å². The number of aryl methyl sites for hydroxylation is 1. The SMILES string of the molecule is Cc1cc(F)c(S(=O)(=O)N2CCC(C(C)O)CC2)cc1F. The molecule has 0 spiro atoms. The largest absolute Gasteiger partial charge is 0.393 e. The van der Waals surface area contributed by atoms with Gasteiger partial charge in [0, 0.05) is 13.1 Å². The zero-order chi connectivity index (χ0) is 15.8. The van der Waals surface area contributed by atoms with E-state index in [2.05, 4.69) is 0 Å². The van der Waals surface area contributed by atoms with Gasteiger partial charge in [0.15, 0.2) is 0 Å². The van der Waals surface area contributed by atoms with Gasteiger partial charge < -0.3 is 5.11 Å². The molecule has 1 aromatic carbocycles. The molecule has 0 amide bonds. The van der Waals surface area contributed by atoms with E-state index in [0.29, 0.717) is 12.8 Å². The number of aliphatic hydroxyl groups is 1. The molecule has 2 rings (SSSR count). The summed E-state index contributed by atoms with van der Waals surface area (Å²) in [5.41, 5.74) is 0.0688. The third-order valence-electron chi connectivity index (χ3n) is 4.01. The zero-order valence-electron chi connectivity index (χ0n) is 12.0. The highest BCUT2D eigenvalue weighted by molar-refractivity contribution is 7.89. The van der Waals surface area contributed by atoms with Gasteiger partial charge in [0.2, 0.25) is 10.0 Å². The van der Waals surface area contributed by atoms with E-state index in [4.69, 9.17) is 0 Å². The quantitative estimate of drug-likeness (QED) is 0.928. The Kier molecular flexibility index (Phi) is 4.65. The number of aliphatic hydroxyl groups excluding tert-OH is 1. The molecule has 1 aliphatic heterocycles. The lowest BCUT2D eigenvalue weighted by Crippen LogP contribution is -2.41. The summed E-state index contributed by atoms with van der Waals surface area (Å²) in [5.74, 6) is -1.64. The first-order valence-corrected chi connectivity index (χ1v) is 8.31. The van der Waals surface area contributed by atoms with Crippen LogP contribution < -0.4 is 0 Å². The fourth-order valence-electron chi connectivity index (χ4n) is 2.56. The monoisotopic (exact) mass is 319 g/mol. The highest BCUT2D eigenvalue weighted by Gasteiger charge is 2.33. The standard InChI is InChI=1S/C14H19F2NO3S/c1-9-7-13(16)14(8-12(9)15)21(19,20)17-5-3-11(4-6-17)10(2)18/h7-8,10-11,18H,3-6H2,1-2H3. The minimum absolute atomic E-state index is 0.0380. The third-order valence-corrected chi connectivity index (χ3v) is 5.93. The van der Waals surface area contributed by atoms with E-state index in [1.165, 1.54) is 6.92 Å². The van der Waals surface area contributed by atoms with E-state index in [9.17, 15) is 22.3 Å². The second-order valence-corrected chi connectivity index (χ2v) is 7.42. The second-order valence-electron chi connectivity index (χ2n) is 5.51. The van der Waals surface area contributed by atoms with Gasteiger partial charge in [0.1, 0.15) is 16.5 Å². The van der Waals surface area contributed by atoms with E-state index >= 15 is 0 Å². The van der Waals surface area contributed by atoms with Crippen LogP contribution in [0.5, 0.6) is 0 Å². The van der Waals surface area contributed by atoms with Gasteiger partial charge in [-0.25, -0.2) is 17.2 Å². The highest BCUT2D eigenvalue weighted by atomic mass is 32.2. The Morgan fingerprint density at radius 2 is 1.81 bits per heavy atom. The van der Waals surface area contributed by atoms with Crippen molar-refractivity contribution in [3.05, 3.63) is 29.3 Å². The topological polar surface area (TPSA) is 57.6 Å². The molecule has 1 heterocycles. The average Bonchev–Trinajstić information content (AvgIpc) is 2.42. The highest BCUT2D eigenvalue weighted by Crippen LogP contribution is 2.28. The van der Waals surface area contributed by atoms with Crippen LogP contribution >= 0.6 is 0 Å². The summed E-state index contributed by atoms with van der Waals surface area (Å²) < 4.78 is 53.4. The van der Waals surface area contributed by atoms with Gasteiger partial charge >= 0.3 is 0 Å². The van der Waals surface area contributed by atoms with Crippen LogP contribution in [0, 0.1) is 24.5 Å². The first-order chi connectivity index (χ1) is 9.73. The van der Waals surface area contributed by atoms with Gasteiger partial charge in [0.25, 0.3) is 0 Å². The molecule has 0 bridgehead atoms. The Morgan fingerprint density at radius 1 is 1.24 bits per heavy atom. The van der Waals surface area contributed by atoms with Crippen LogP contribution in [0.3, 0.4) is 0 Å². The van der Waals surface area contributed by atoms with Crippen LogP contribution in [0.25, 0.3) is 0 Å². The first-order valence-electron chi connectivity index (χ1n) is 6.87. The Balaban J connectivity index is 2.26. The Hall–Kier alpha value is -1.05. The number of hydrogen-bond acceptors (Lipinski definition) is 3.